The van der Waals surface area contributed by atoms with E-state index in [1.54, 1.807) is 11.3 Å². The van der Waals surface area contributed by atoms with Gasteiger partial charge < -0.3 is 11.1 Å². The van der Waals surface area contributed by atoms with E-state index in [9.17, 15) is 4.79 Å². The van der Waals surface area contributed by atoms with E-state index in [1.807, 2.05) is 24.3 Å². The highest BCUT2D eigenvalue weighted by atomic mass is 35.5. The van der Waals surface area contributed by atoms with Gasteiger partial charge in [0.2, 0.25) is 5.91 Å². The quantitative estimate of drug-likeness (QED) is 0.758. The molecule has 1 aromatic carbocycles. The van der Waals surface area contributed by atoms with Crippen molar-refractivity contribution in [3.63, 3.8) is 0 Å². The fraction of sp³-hybridized carbons (Fsp3) is 0.375. The molecule has 1 aliphatic rings. The van der Waals surface area contributed by atoms with Crippen LogP contribution in [0.2, 0.25) is 0 Å². The molecule has 1 amide bonds. The Balaban J connectivity index is 0.00000132. The zero-order valence-corrected chi connectivity index (χ0v) is 15.1. The third kappa shape index (κ3) is 5.68. The molecule has 1 heterocycles. The van der Waals surface area contributed by atoms with Crippen LogP contribution in [0.3, 0.4) is 0 Å². The molecule has 1 aromatic heterocycles. The standard InChI is InChI=1S/C16H19N3OS.2ClH/c17-13-4-2-1-3-11(13)7-8-15(20)18-9-16-19-14(10-21-16)12-5-6-12;;/h1-4,10,12H,5-9,17H2,(H,18,20);2*1H. The van der Waals surface area contributed by atoms with Crippen molar-refractivity contribution < 1.29 is 4.79 Å². The molecule has 23 heavy (non-hydrogen) atoms. The molecule has 0 saturated heterocycles. The Kier molecular flexibility index (Phi) is 7.82. The fourth-order valence-electron chi connectivity index (χ4n) is 2.25. The molecular formula is C16H21Cl2N3OS. The molecule has 4 nitrogen and oxygen atoms in total. The first-order valence-electron chi connectivity index (χ1n) is 7.27. The van der Waals surface area contributed by atoms with Crippen molar-refractivity contribution in [2.75, 3.05) is 5.73 Å². The van der Waals surface area contributed by atoms with Gasteiger partial charge in [0, 0.05) is 23.4 Å². The summed E-state index contributed by atoms with van der Waals surface area (Å²) in [6, 6.07) is 7.67. The highest BCUT2D eigenvalue weighted by Gasteiger charge is 2.25. The first kappa shape index (κ1) is 19.7. The number of aromatic nitrogens is 1. The normalized spacial score (nSPS) is 12.9. The number of benzene rings is 1. The number of nitrogens with two attached hydrogens (primary N) is 1. The molecule has 0 spiro atoms. The maximum Gasteiger partial charge on any atom is 0.220 e. The second-order valence-corrected chi connectivity index (χ2v) is 6.36. The van der Waals surface area contributed by atoms with Crippen molar-refractivity contribution >= 4 is 47.7 Å². The molecule has 126 valence electrons. The molecule has 0 radical (unpaired) electrons. The summed E-state index contributed by atoms with van der Waals surface area (Å²) in [5.74, 6) is 0.716. The Bertz CT molecular complexity index is 644. The lowest BCUT2D eigenvalue weighted by molar-refractivity contribution is -0.121. The highest BCUT2D eigenvalue weighted by Crippen LogP contribution is 2.40. The van der Waals surface area contributed by atoms with E-state index in [-0.39, 0.29) is 30.7 Å². The maximum atomic E-state index is 11.9. The van der Waals surface area contributed by atoms with Crippen LogP contribution in [0.5, 0.6) is 0 Å². The summed E-state index contributed by atoms with van der Waals surface area (Å²) in [5.41, 5.74) is 8.84. The van der Waals surface area contributed by atoms with Crippen molar-refractivity contribution in [1.29, 1.82) is 0 Å². The van der Waals surface area contributed by atoms with Crippen LogP contribution in [0.25, 0.3) is 0 Å². The van der Waals surface area contributed by atoms with Gasteiger partial charge in [-0.25, -0.2) is 4.98 Å². The SMILES string of the molecule is Cl.Cl.Nc1ccccc1CCC(=O)NCc1nc(C2CC2)cs1. The third-order valence-corrected chi connectivity index (χ3v) is 4.55. The number of aryl methyl sites for hydroxylation is 1. The lowest BCUT2D eigenvalue weighted by atomic mass is 10.1. The van der Waals surface area contributed by atoms with Crippen LogP contribution in [0, 0.1) is 0 Å². The van der Waals surface area contributed by atoms with E-state index < -0.39 is 0 Å². The number of nitrogens with zero attached hydrogens (tertiary/aromatic N) is 1. The number of rotatable bonds is 6. The van der Waals surface area contributed by atoms with Crippen LogP contribution < -0.4 is 11.1 Å². The fourth-order valence-corrected chi connectivity index (χ4v) is 3.06. The predicted molar refractivity (Wildman–Crippen MR) is 99.6 cm³/mol. The van der Waals surface area contributed by atoms with E-state index in [0.717, 1.165) is 16.3 Å². The van der Waals surface area contributed by atoms with Crippen LogP contribution in [-0.4, -0.2) is 10.9 Å². The summed E-state index contributed by atoms with van der Waals surface area (Å²) in [6.07, 6.45) is 3.64. The topological polar surface area (TPSA) is 68.0 Å². The smallest absolute Gasteiger partial charge is 0.220 e. The van der Waals surface area contributed by atoms with Crippen molar-refractivity contribution in [1.82, 2.24) is 10.3 Å². The number of halogens is 2. The summed E-state index contributed by atoms with van der Waals surface area (Å²) in [4.78, 5) is 16.4. The van der Waals surface area contributed by atoms with Gasteiger partial charge in [-0.05, 0) is 30.9 Å². The van der Waals surface area contributed by atoms with Gasteiger partial charge >= 0.3 is 0 Å². The largest absolute Gasteiger partial charge is 0.399 e. The summed E-state index contributed by atoms with van der Waals surface area (Å²) in [5, 5.41) is 6.03. The van der Waals surface area contributed by atoms with Gasteiger partial charge in [0.15, 0.2) is 0 Å². The summed E-state index contributed by atoms with van der Waals surface area (Å²) < 4.78 is 0. The van der Waals surface area contributed by atoms with Gasteiger partial charge in [-0.15, -0.1) is 36.2 Å². The summed E-state index contributed by atoms with van der Waals surface area (Å²) in [7, 11) is 0. The van der Waals surface area contributed by atoms with E-state index in [4.69, 9.17) is 5.73 Å². The molecule has 1 fully saturated rings. The van der Waals surface area contributed by atoms with Gasteiger partial charge in [0.05, 0.1) is 12.2 Å². The average molecular weight is 374 g/mol. The minimum atomic E-state index is 0. The number of amides is 1. The lowest BCUT2D eigenvalue weighted by Gasteiger charge is -2.05. The Labute approximate surface area is 152 Å². The zero-order valence-electron chi connectivity index (χ0n) is 12.7. The molecule has 3 rings (SSSR count). The molecule has 0 unspecified atom stereocenters. The second kappa shape index (κ2) is 9.11. The molecule has 0 bridgehead atoms. The number of carbonyl (C=O) groups excluding carboxylic acids is 1. The zero-order chi connectivity index (χ0) is 14.7. The number of thiazole rings is 1. The number of hydrogen-bond acceptors (Lipinski definition) is 4. The van der Waals surface area contributed by atoms with Gasteiger partial charge in [-0.2, -0.15) is 0 Å². The Morgan fingerprint density at radius 2 is 2.04 bits per heavy atom. The summed E-state index contributed by atoms with van der Waals surface area (Å²) in [6.45, 7) is 0.528. The average Bonchev–Trinajstić information content (AvgIpc) is 3.23. The minimum Gasteiger partial charge on any atom is -0.399 e. The number of carbonyl (C=O) groups is 1. The molecule has 3 N–H and O–H groups in total. The molecule has 0 aliphatic heterocycles. The first-order chi connectivity index (χ1) is 10.2. The Hall–Kier alpha value is -1.30. The molecule has 7 heteroatoms. The lowest BCUT2D eigenvalue weighted by Crippen LogP contribution is -2.23. The molecular weight excluding hydrogens is 353 g/mol. The first-order valence-corrected chi connectivity index (χ1v) is 8.14. The van der Waals surface area contributed by atoms with Gasteiger partial charge in [0.1, 0.15) is 5.01 Å². The molecule has 1 saturated carbocycles. The highest BCUT2D eigenvalue weighted by molar-refractivity contribution is 7.09. The van der Waals surface area contributed by atoms with Crippen molar-refractivity contribution in [3.8, 4) is 0 Å². The molecule has 2 aromatic rings. The molecule has 1 aliphatic carbocycles. The Morgan fingerprint density at radius 3 is 2.74 bits per heavy atom. The summed E-state index contributed by atoms with van der Waals surface area (Å²) >= 11 is 1.63. The van der Waals surface area contributed by atoms with E-state index in [0.29, 0.717) is 25.3 Å². The maximum absolute atomic E-state index is 11.9. The predicted octanol–water partition coefficient (Wildman–Crippen LogP) is 3.70. The minimum absolute atomic E-state index is 0. The van der Waals surface area contributed by atoms with E-state index >= 15 is 0 Å². The van der Waals surface area contributed by atoms with Crippen LogP contribution >= 0.6 is 36.2 Å². The number of anilines is 1. The van der Waals surface area contributed by atoms with Gasteiger partial charge in [-0.1, -0.05) is 18.2 Å². The number of hydrogen-bond donors (Lipinski definition) is 2. The third-order valence-electron chi connectivity index (χ3n) is 3.68. The molecule has 0 atom stereocenters. The van der Waals surface area contributed by atoms with E-state index in [2.05, 4.69) is 15.7 Å². The number of para-hydroxylation sites is 1. The van der Waals surface area contributed by atoms with Crippen molar-refractivity contribution in [3.05, 3.63) is 45.9 Å². The van der Waals surface area contributed by atoms with Crippen LogP contribution in [0.15, 0.2) is 29.6 Å². The van der Waals surface area contributed by atoms with Gasteiger partial charge in [-0.3, -0.25) is 4.79 Å². The number of nitrogen functional groups attached to an aromatic ring is 1. The van der Waals surface area contributed by atoms with Crippen molar-refractivity contribution in [2.45, 2.75) is 38.1 Å². The monoisotopic (exact) mass is 373 g/mol. The van der Waals surface area contributed by atoms with E-state index in [1.165, 1.54) is 18.5 Å². The van der Waals surface area contributed by atoms with Crippen molar-refractivity contribution in [2.24, 2.45) is 0 Å². The number of nitrogens with one attached hydrogen (secondary N) is 1. The van der Waals surface area contributed by atoms with Gasteiger partial charge in [0.25, 0.3) is 0 Å². The van der Waals surface area contributed by atoms with Crippen LogP contribution in [-0.2, 0) is 17.8 Å². The van der Waals surface area contributed by atoms with Crippen LogP contribution in [0.4, 0.5) is 5.69 Å². The van der Waals surface area contributed by atoms with Crippen LogP contribution in [0.1, 0.15) is 41.4 Å². The second-order valence-electron chi connectivity index (χ2n) is 5.42. The Morgan fingerprint density at radius 1 is 1.30 bits per heavy atom.